The maximum atomic E-state index is 13.1. The van der Waals surface area contributed by atoms with Crippen LogP contribution in [0, 0.1) is 5.82 Å². The minimum absolute atomic E-state index is 0.268. The lowest BCUT2D eigenvalue weighted by atomic mass is 10.2. The average Bonchev–Trinajstić information content (AvgIpc) is 3.06. The molecule has 0 unspecified atom stereocenters. The molecule has 4 rings (SSSR count). The van der Waals surface area contributed by atoms with Crippen LogP contribution in [0.2, 0.25) is 0 Å². The summed E-state index contributed by atoms with van der Waals surface area (Å²) < 4.78 is 14.3. The highest BCUT2D eigenvalue weighted by Crippen LogP contribution is 2.24. The Morgan fingerprint density at radius 1 is 1.04 bits per heavy atom. The molecule has 0 atom stereocenters. The summed E-state index contributed by atoms with van der Waals surface area (Å²) in [5.74, 6) is -0.318. The molecule has 3 heterocycles. The van der Waals surface area contributed by atoms with E-state index in [1.807, 2.05) is 18.2 Å². The second-order valence-electron chi connectivity index (χ2n) is 5.22. The van der Waals surface area contributed by atoms with E-state index < -0.39 is 0 Å². The van der Waals surface area contributed by atoms with Crippen molar-refractivity contribution in [3.63, 3.8) is 0 Å². The van der Waals surface area contributed by atoms with Crippen molar-refractivity contribution in [2.75, 3.05) is 0 Å². The molecule has 5 nitrogen and oxygen atoms in total. The SMILES string of the molecule is O=c1cc(C=Cc2ccccn2)nc2sc(-c3ccc(F)cc3)nn12. The minimum Gasteiger partial charge on any atom is -0.267 e. The first-order valence-electron chi connectivity index (χ1n) is 7.45. The maximum Gasteiger partial charge on any atom is 0.275 e. The first-order valence-corrected chi connectivity index (χ1v) is 8.27. The molecule has 122 valence electrons. The first kappa shape index (κ1) is 15.3. The van der Waals surface area contributed by atoms with Crippen molar-refractivity contribution in [2.24, 2.45) is 0 Å². The summed E-state index contributed by atoms with van der Waals surface area (Å²) in [7, 11) is 0. The molecule has 3 aromatic heterocycles. The van der Waals surface area contributed by atoms with Crippen LogP contribution in [-0.2, 0) is 0 Å². The van der Waals surface area contributed by atoms with E-state index in [4.69, 9.17) is 0 Å². The van der Waals surface area contributed by atoms with Crippen molar-refractivity contribution in [2.45, 2.75) is 0 Å². The van der Waals surface area contributed by atoms with E-state index in [1.165, 1.54) is 34.1 Å². The van der Waals surface area contributed by atoms with Crippen LogP contribution in [-0.4, -0.2) is 19.6 Å². The Hall–Kier alpha value is -3.19. The van der Waals surface area contributed by atoms with Gasteiger partial charge in [-0.3, -0.25) is 9.78 Å². The lowest BCUT2D eigenvalue weighted by Gasteiger charge is -1.94. The number of benzene rings is 1. The highest BCUT2D eigenvalue weighted by Gasteiger charge is 2.10. The quantitative estimate of drug-likeness (QED) is 0.567. The molecular weight excluding hydrogens is 339 g/mol. The van der Waals surface area contributed by atoms with Crippen LogP contribution in [0.4, 0.5) is 4.39 Å². The molecule has 0 aliphatic carbocycles. The van der Waals surface area contributed by atoms with Crippen molar-refractivity contribution < 1.29 is 4.39 Å². The Morgan fingerprint density at radius 2 is 1.84 bits per heavy atom. The van der Waals surface area contributed by atoms with Crippen LogP contribution in [0.5, 0.6) is 0 Å². The fourth-order valence-electron chi connectivity index (χ4n) is 2.27. The summed E-state index contributed by atoms with van der Waals surface area (Å²) >= 11 is 1.28. The number of fused-ring (bicyclic) bond motifs is 1. The Balaban J connectivity index is 1.73. The summed E-state index contributed by atoms with van der Waals surface area (Å²) in [6.07, 6.45) is 5.23. The number of pyridine rings is 1. The van der Waals surface area contributed by atoms with Crippen molar-refractivity contribution in [1.82, 2.24) is 19.6 Å². The van der Waals surface area contributed by atoms with E-state index in [2.05, 4.69) is 15.1 Å². The van der Waals surface area contributed by atoms with Gasteiger partial charge in [-0.15, -0.1) is 0 Å². The van der Waals surface area contributed by atoms with Crippen LogP contribution in [0.3, 0.4) is 0 Å². The number of hydrogen-bond donors (Lipinski definition) is 0. The lowest BCUT2D eigenvalue weighted by Crippen LogP contribution is -2.14. The molecule has 4 aromatic rings. The van der Waals surface area contributed by atoms with Gasteiger partial charge in [-0.25, -0.2) is 9.37 Å². The monoisotopic (exact) mass is 350 g/mol. The van der Waals surface area contributed by atoms with Crippen molar-refractivity contribution in [3.05, 3.63) is 82.3 Å². The number of nitrogens with zero attached hydrogens (tertiary/aromatic N) is 4. The van der Waals surface area contributed by atoms with Gasteiger partial charge in [0, 0.05) is 17.8 Å². The minimum atomic E-state index is -0.318. The number of hydrogen-bond acceptors (Lipinski definition) is 5. The normalized spacial score (nSPS) is 11.4. The molecule has 7 heteroatoms. The highest BCUT2D eigenvalue weighted by molar-refractivity contribution is 7.19. The Bertz CT molecular complexity index is 1120. The fourth-order valence-corrected chi connectivity index (χ4v) is 3.19. The van der Waals surface area contributed by atoms with Crippen molar-refractivity contribution >= 4 is 28.4 Å². The largest absolute Gasteiger partial charge is 0.275 e. The Kier molecular flexibility index (Phi) is 3.91. The van der Waals surface area contributed by atoms with E-state index in [1.54, 1.807) is 30.5 Å². The predicted molar refractivity (Wildman–Crippen MR) is 95.7 cm³/mol. The third-order valence-corrected chi connectivity index (χ3v) is 4.43. The third kappa shape index (κ3) is 3.22. The van der Waals surface area contributed by atoms with E-state index in [-0.39, 0.29) is 11.4 Å². The van der Waals surface area contributed by atoms with Crippen LogP contribution < -0.4 is 5.56 Å². The smallest absolute Gasteiger partial charge is 0.267 e. The molecule has 1 aromatic carbocycles. The summed E-state index contributed by atoms with van der Waals surface area (Å²) in [5, 5.41) is 4.88. The van der Waals surface area contributed by atoms with Gasteiger partial charge in [-0.2, -0.15) is 9.61 Å². The van der Waals surface area contributed by atoms with Crippen molar-refractivity contribution in [3.8, 4) is 10.6 Å². The number of aromatic nitrogens is 4. The van der Waals surface area contributed by atoms with Gasteiger partial charge in [0.15, 0.2) is 0 Å². The predicted octanol–water partition coefficient (Wildman–Crippen LogP) is 3.52. The van der Waals surface area contributed by atoms with Gasteiger partial charge >= 0.3 is 0 Å². The van der Waals surface area contributed by atoms with E-state index in [0.717, 1.165) is 11.3 Å². The van der Waals surface area contributed by atoms with Crippen LogP contribution in [0.15, 0.2) is 59.5 Å². The standard InChI is InChI=1S/C18H11FN4OS/c19-13-6-4-12(5-7-13)17-22-23-16(24)11-15(21-18(23)25-17)9-8-14-3-1-2-10-20-14/h1-11H. The lowest BCUT2D eigenvalue weighted by molar-refractivity contribution is 0.628. The molecule has 0 radical (unpaired) electrons. The van der Waals surface area contributed by atoms with Crippen LogP contribution in [0.25, 0.3) is 27.7 Å². The highest BCUT2D eigenvalue weighted by atomic mass is 32.1. The molecule has 0 saturated heterocycles. The summed E-state index contributed by atoms with van der Waals surface area (Å²) in [6.45, 7) is 0. The Labute approximate surface area is 145 Å². The summed E-state index contributed by atoms with van der Waals surface area (Å²) in [4.78, 5) is 21.4. The van der Waals surface area contributed by atoms with E-state index >= 15 is 0 Å². The molecule has 0 N–H and O–H groups in total. The van der Waals surface area contributed by atoms with Crippen LogP contribution in [0.1, 0.15) is 11.4 Å². The van der Waals surface area contributed by atoms with Gasteiger partial charge in [0.25, 0.3) is 5.56 Å². The molecular formula is C18H11FN4OS. The van der Waals surface area contributed by atoms with Gasteiger partial charge in [-0.1, -0.05) is 17.4 Å². The van der Waals surface area contributed by atoms with Crippen molar-refractivity contribution in [1.29, 1.82) is 0 Å². The van der Waals surface area contributed by atoms with Crippen LogP contribution >= 0.6 is 11.3 Å². The molecule has 0 aliphatic heterocycles. The first-order chi connectivity index (χ1) is 12.2. The topological polar surface area (TPSA) is 60.2 Å². The van der Waals surface area contributed by atoms with Gasteiger partial charge in [-0.05, 0) is 48.6 Å². The van der Waals surface area contributed by atoms with Gasteiger partial charge < -0.3 is 0 Å². The molecule has 0 bridgehead atoms. The number of halogens is 1. The zero-order valence-corrected chi connectivity index (χ0v) is 13.7. The molecule has 0 aliphatic rings. The zero-order valence-electron chi connectivity index (χ0n) is 12.8. The summed E-state index contributed by atoms with van der Waals surface area (Å²) in [5.41, 5.74) is 1.78. The second-order valence-corrected chi connectivity index (χ2v) is 6.17. The number of rotatable bonds is 3. The van der Waals surface area contributed by atoms with Gasteiger partial charge in [0.05, 0.1) is 11.4 Å². The molecule has 0 amide bonds. The maximum absolute atomic E-state index is 13.1. The molecule has 25 heavy (non-hydrogen) atoms. The van der Waals surface area contributed by atoms with Gasteiger partial charge in [0.2, 0.25) is 4.96 Å². The summed E-state index contributed by atoms with van der Waals surface area (Å²) in [6, 6.07) is 13.0. The average molecular weight is 350 g/mol. The zero-order chi connectivity index (χ0) is 17.2. The molecule has 0 saturated carbocycles. The Morgan fingerprint density at radius 3 is 2.60 bits per heavy atom. The van der Waals surface area contributed by atoms with E-state index in [0.29, 0.717) is 15.7 Å². The second kappa shape index (κ2) is 6.37. The van der Waals surface area contributed by atoms with Gasteiger partial charge in [0.1, 0.15) is 10.8 Å². The third-order valence-electron chi connectivity index (χ3n) is 3.47. The fraction of sp³-hybridized carbons (Fsp3) is 0. The van der Waals surface area contributed by atoms with E-state index in [9.17, 15) is 9.18 Å². The molecule has 0 fully saturated rings. The molecule has 0 spiro atoms.